The van der Waals surface area contributed by atoms with Gasteiger partial charge in [0.15, 0.2) is 0 Å². The second-order valence-electron chi connectivity index (χ2n) is 8.45. The molecule has 0 aromatic heterocycles. The van der Waals surface area contributed by atoms with Crippen LogP contribution < -0.4 is 4.74 Å². The van der Waals surface area contributed by atoms with Gasteiger partial charge in [-0.2, -0.15) is 5.10 Å². The second kappa shape index (κ2) is 9.16. The Kier molecular flexibility index (Phi) is 6.32. The van der Waals surface area contributed by atoms with Crippen molar-refractivity contribution in [3.8, 4) is 11.5 Å². The van der Waals surface area contributed by atoms with Crippen LogP contribution in [0.25, 0.3) is 0 Å². The summed E-state index contributed by atoms with van der Waals surface area (Å²) in [4.78, 5) is 17.5. The van der Waals surface area contributed by atoms with E-state index in [4.69, 9.17) is 9.84 Å². The van der Waals surface area contributed by atoms with Crippen LogP contribution in [-0.2, 0) is 0 Å². The highest BCUT2D eigenvalue weighted by molar-refractivity contribution is 6.07. The van der Waals surface area contributed by atoms with Crippen molar-refractivity contribution in [1.82, 2.24) is 14.8 Å². The number of carbonyl (C=O) groups excluding carboxylic acids is 1. The van der Waals surface area contributed by atoms with Gasteiger partial charge in [0.05, 0.1) is 24.3 Å². The number of ether oxygens (including phenoxy) is 1. The number of hydrogen-bond donors (Lipinski definition) is 1. The molecule has 2 atom stereocenters. The number of halogens is 1. The number of carbonyl (C=O) groups is 1. The van der Waals surface area contributed by atoms with Crippen LogP contribution in [0.15, 0.2) is 47.6 Å². The summed E-state index contributed by atoms with van der Waals surface area (Å²) in [5.74, 6) is 0.0253. The standard InChI is InChI=1S/C24H29FN4O3/c1-4-28(12-6-11-27(2)3)24(31)29-23(16-7-5-8-18(30)13-16)20-15-32-21-10-9-17(25)14-19(21)22(20)26-29/h5,7-10,13-14,20,23,30H,4,6,11-12,15H2,1-3H3. The number of nitrogens with zero attached hydrogens (tertiary/aromatic N) is 4. The number of rotatable bonds is 6. The Hall–Kier alpha value is -3.13. The predicted octanol–water partition coefficient (Wildman–Crippen LogP) is 3.69. The van der Waals surface area contributed by atoms with E-state index in [1.165, 1.54) is 17.1 Å². The normalized spacial score (nSPS) is 19.3. The summed E-state index contributed by atoms with van der Waals surface area (Å²) >= 11 is 0. The zero-order valence-corrected chi connectivity index (χ0v) is 18.7. The average Bonchev–Trinajstić information content (AvgIpc) is 3.16. The summed E-state index contributed by atoms with van der Waals surface area (Å²) in [6.45, 7) is 4.29. The molecule has 2 aliphatic rings. The maximum absolute atomic E-state index is 14.0. The highest BCUT2D eigenvalue weighted by Gasteiger charge is 2.46. The molecule has 2 unspecified atom stereocenters. The van der Waals surface area contributed by atoms with Gasteiger partial charge in [0.1, 0.15) is 17.3 Å². The Morgan fingerprint density at radius 2 is 2.06 bits per heavy atom. The average molecular weight is 441 g/mol. The van der Waals surface area contributed by atoms with Gasteiger partial charge in [0, 0.05) is 18.7 Å². The molecular formula is C24H29FN4O3. The fourth-order valence-electron chi connectivity index (χ4n) is 4.36. The molecule has 2 aromatic carbocycles. The van der Waals surface area contributed by atoms with Crippen molar-refractivity contribution in [2.24, 2.45) is 11.0 Å². The first-order chi connectivity index (χ1) is 15.4. The SMILES string of the molecule is CCN(CCCN(C)C)C(=O)N1N=C2c3cc(F)ccc3OCC2C1c1cccc(O)c1. The van der Waals surface area contributed by atoms with Crippen LogP contribution in [0.5, 0.6) is 11.5 Å². The molecule has 0 bridgehead atoms. The van der Waals surface area contributed by atoms with Crippen LogP contribution in [0.2, 0.25) is 0 Å². The van der Waals surface area contributed by atoms with E-state index in [0.29, 0.717) is 36.7 Å². The maximum atomic E-state index is 14.0. The number of hydrogen-bond acceptors (Lipinski definition) is 5. The van der Waals surface area contributed by atoms with Gasteiger partial charge in [-0.05, 0) is 69.9 Å². The molecule has 0 spiro atoms. The molecule has 2 amide bonds. The molecule has 170 valence electrons. The monoisotopic (exact) mass is 440 g/mol. The van der Waals surface area contributed by atoms with Crippen molar-refractivity contribution in [2.45, 2.75) is 19.4 Å². The number of phenols is 1. The number of benzene rings is 2. The van der Waals surface area contributed by atoms with Crippen molar-refractivity contribution in [1.29, 1.82) is 0 Å². The quantitative estimate of drug-likeness (QED) is 0.744. The highest BCUT2D eigenvalue weighted by atomic mass is 19.1. The summed E-state index contributed by atoms with van der Waals surface area (Å²) < 4.78 is 19.9. The lowest BCUT2D eigenvalue weighted by molar-refractivity contribution is 0.126. The maximum Gasteiger partial charge on any atom is 0.341 e. The lowest BCUT2D eigenvalue weighted by atomic mass is 9.86. The first-order valence-electron chi connectivity index (χ1n) is 10.9. The van der Waals surface area contributed by atoms with Crippen molar-refractivity contribution >= 4 is 11.7 Å². The lowest BCUT2D eigenvalue weighted by Crippen LogP contribution is -2.43. The summed E-state index contributed by atoms with van der Waals surface area (Å²) in [5, 5.41) is 16.3. The van der Waals surface area contributed by atoms with Gasteiger partial charge < -0.3 is 19.6 Å². The van der Waals surface area contributed by atoms with Gasteiger partial charge in [0.25, 0.3) is 0 Å². The van der Waals surface area contributed by atoms with Crippen molar-refractivity contribution in [3.63, 3.8) is 0 Å². The van der Waals surface area contributed by atoms with Crippen LogP contribution in [0.1, 0.15) is 30.5 Å². The summed E-state index contributed by atoms with van der Waals surface area (Å²) in [5.41, 5.74) is 1.96. The first-order valence-corrected chi connectivity index (χ1v) is 10.9. The third-order valence-corrected chi connectivity index (χ3v) is 5.94. The summed E-state index contributed by atoms with van der Waals surface area (Å²) in [6.07, 6.45) is 0.842. The van der Waals surface area contributed by atoms with Crippen molar-refractivity contribution in [2.75, 3.05) is 40.3 Å². The van der Waals surface area contributed by atoms with Crippen LogP contribution in [0.3, 0.4) is 0 Å². The fourth-order valence-corrected chi connectivity index (χ4v) is 4.36. The van der Waals surface area contributed by atoms with E-state index in [2.05, 4.69) is 4.90 Å². The minimum Gasteiger partial charge on any atom is -0.508 e. The smallest absolute Gasteiger partial charge is 0.341 e. The van der Waals surface area contributed by atoms with Gasteiger partial charge in [-0.3, -0.25) is 0 Å². The molecule has 0 fully saturated rings. The topological polar surface area (TPSA) is 68.6 Å². The number of aromatic hydroxyl groups is 1. The molecule has 0 aliphatic carbocycles. The summed E-state index contributed by atoms with van der Waals surface area (Å²) in [6, 6.07) is 10.5. The van der Waals surface area contributed by atoms with Crippen LogP contribution in [0, 0.1) is 11.7 Å². The minimum absolute atomic E-state index is 0.116. The molecule has 2 heterocycles. The van der Waals surface area contributed by atoms with E-state index >= 15 is 0 Å². The molecule has 1 N–H and O–H groups in total. The molecule has 2 aromatic rings. The second-order valence-corrected chi connectivity index (χ2v) is 8.45. The third-order valence-electron chi connectivity index (χ3n) is 5.94. The Morgan fingerprint density at radius 3 is 2.78 bits per heavy atom. The molecule has 7 nitrogen and oxygen atoms in total. The minimum atomic E-state index is -0.455. The van der Waals surface area contributed by atoms with E-state index in [9.17, 15) is 14.3 Å². The van der Waals surface area contributed by atoms with Crippen LogP contribution in [0.4, 0.5) is 9.18 Å². The van der Waals surface area contributed by atoms with Gasteiger partial charge in [-0.15, -0.1) is 0 Å². The predicted molar refractivity (Wildman–Crippen MR) is 120 cm³/mol. The molecule has 8 heteroatoms. The zero-order valence-electron chi connectivity index (χ0n) is 18.7. The molecule has 0 radical (unpaired) electrons. The van der Waals surface area contributed by atoms with E-state index in [0.717, 1.165) is 18.5 Å². The number of amides is 2. The molecule has 32 heavy (non-hydrogen) atoms. The van der Waals surface area contributed by atoms with Gasteiger partial charge >= 0.3 is 6.03 Å². The van der Waals surface area contributed by atoms with Gasteiger partial charge in [-0.25, -0.2) is 14.2 Å². The van der Waals surface area contributed by atoms with E-state index in [1.54, 1.807) is 29.2 Å². The first kappa shape index (κ1) is 22.1. The van der Waals surface area contributed by atoms with E-state index < -0.39 is 6.04 Å². The van der Waals surface area contributed by atoms with E-state index in [1.807, 2.05) is 27.1 Å². The van der Waals surface area contributed by atoms with Gasteiger partial charge in [-0.1, -0.05) is 12.1 Å². The van der Waals surface area contributed by atoms with Crippen LogP contribution in [-0.4, -0.2) is 72.0 Å². The fraction of sp³-hybridized carbons (Fsp3) is 0.417. The molecular weight excluding hydrogens is 411 g/mol. The lowest BCUT2D eigenvalue weighted by Gasteiger charge is -2.32. The number of urea groups is 1. The van der Waals surface area contributed by atoms with Crippen LogP contribution >= 0.6 is 0 Å². The van der Waals surface area contributed by atoms with E-state index in [-0.39, 0.29) is 23.5 Å². The molecule has 4 rings (SSSR count). The largest absolute Gasteiger partial charge is 0.508 e. The number of hydrazone groups is 1. The zero-order chi connectivity index (χ0) is 22.8. The molecule has 2 aliphatic heterocycles. The van der Waals surface area contributed by atoms with Crippen molar-refractivity contribution in [3.05, 3.63) is 59.4 Å². The molecule has 0 saturated heterocycles. The number of fused-ring (bicyclic) bond motifs is 3. The Balaban J connectivity index is 1.71. The Bertz CT molecular complexity index is 1030. The number of phenolic OH excluding ortho intramolecular Hbond substituents is 1. The van der Waals surface area contributed by atoms with Crippen molar-refractivity contribution < 1.29 is 19.0 Å². The Morgan fingerprint density at radius 1 is 1.25 bits per heavy atom. The Labute approximate surface area is 187 Å². The van der Waals surface area contributed by atoms with Gasteiger partial charge in [0.2, 0.25) is 0 Å². The highest BCUT2D eigenvalue weighted by Crippen LogP contribution is 2.43. The third kappa shape index (κ3) is 4.27. The molecule has 0 saturated carbocycles. The summed E-state index contributed by atoms with van der Waals surface area (Å²) in [7, 11) is 4.01.